The molecule has 0 saturated carbocycles. The lowest BCUT2D eigenvalue weighted by atomic mass is 9.83. The minimum Gasteiger partial charge on any atom is -0.495 e. The van der Waals surface area contributed by atoms with Gasteiger partial charge in [-0.25, -0.2) is 4.79 Å². The predicted molar refractivity (Wildman–Crippen MR) is 187 cm³/mol. The fourth-order valence-corrected chi connectivity index (χ4v) is 7.59. The van der Waals surface area contributed by atoms with Crippen molar-refractivity contribution in [3.05, 3.63) is 46.5 Å². The van der Waals surface area contributed by atoms with Crippen molar-refractivity contribution in [3.8, 4) is 5.75 Å². The highest BCUT2D eigenvalue weighted by molar-refractivity contribution is 6.35. The highest BCUT2D eigenvalue weighted by atomic mass is 35.5. The van der Waals surface area contributed by atoms with Crippen LogP contribution >= 0.6 is 11.6 Å². The molecule has 4 heterocycles. The lowest BCUT2D eigenvalue weighted by Gasteiger charge is -2.45. The van der Waals surface area contributed by atoms with Crippen LogP contribution in [0, 0.1) is 5.92 Å². The van der Waals surface area contributed by atoms with Crippen molar-refractivity contribution in [1.82, 2.24) is 5.32 Å². The number of aliphatic hydroxyl groups is 5. The number of nitrogens with zero attached hydrogens (tertiary/aromatic N) is 1. The zero-order valence-electron chi connectivity index (χ0n) is 30.4. The second-order valence-electron chi connectivity index (χ2n) is 14.2. The van der Waals surface area contributed by atoms with Crippen LogP contribution in [0.3, 0.4) is 0 Å². The van der Waals surface area contributed by atoms with E-state index in [0.717, 1.165) is 10.5 Å². The van der Waals surface area contributed by atoms with Gasteiger partial charge in [0.1, 0.15) is 59.1 Å². The maximum absolute atomic E-state index is 14.7. The zero-order valence-corrected chi connectivity index (χ0v) is 31.2. The van der Waals surface area contributed by atoms with E-state index in [9.17, 15) is 39.9 Å². The van der Waals surface area contributed by atoms with Gasteiger partial charge in [0.2, 0.25) is 5.91 Å². The topological polar surface area (TPSA) is 226 Å². The molecule has 5 rings (SSSR count). The number of allylic oxidation sites excluding steroid dienone is 3. The second kappa shape index (κ2) is 16.2. The number of esters is 1. The molecule has 294 valence electrons. The summed E-state index contributed by atoms with van der Waals surface area (Å²) in [4.78, 5) is 41.4. The number of carbonyl (C=O) groups excluding carboxylic acids is 3. The summed E-state index contributed by atoms with van der Waals surface area (Å²) in [6, 6.07) is 3.23. The highest BCUT2D eigenvalue weighted by Gasteiger charge is 2.64. The van der Waals surface area contributed by atoms with E-state index in [2.05, 4.69) is 5.32 Å². The fourth-order valence-electron chi connectivity index (χ4n) is 7.31. The third-order valence-electron chi connectivity index (χ3n) is 10.4. The molecule has 0 aromatic heterocycles. The number of epoxide rings is 1. The number of benzene rings is 1. The molecule has 4 aliphatic rings. The number of hydrogen-bond donors (Lipinski definition) is 6. The summed E-state index contributed by atoms with van der Waals surface area (Å²) in [5, 5.41) is 56.7. The van der Waals surface area contributed by atoms with Gasteiger partial charge in [-0.2, -0.15) is 0 Å². The minimum atomic E-state index is -1.89. The van der Waals surface area contributed by atoms with Gasteiger partial charge in [-0.1, -0.05) is 49.2 Å². The number of methoxy groups -OCH3 is 2. The van der Waals surface area contributed by atoms with E-state index in [0.29, 0.717) is 5.56 Å². The Balaban J connectivity index is 1.68. The van der Waals surface area contributed by atoms with Crippen LogP contribution in [0.5, 0.6) is 5.75 Å². The van der Waals surface area contributed by atoms with Crippen LogP contribution in [0.15, 0.2) is 35.9 Å². The first-order valence-corrected chi connectivity index (χ1v) is 17.8. The Morgan fingerprint density at radius 2 is 1.87 bits per heavy atom. The summed E-state index contributed by atoms with van der Waals surface area (Å²) in [5.74, 6) is -1.89. The normalized spacial score (nSPS) is 39.5. The van der Waals surface area contributed by atoms with Crippen molar-refractivity contribution >= 4 is 35.3 Å². The van der Waals surface area contributed by atoms with E-state index in [1.54, 1.807) is 51.1 Å². The number of carbonyl (C=O) groups is 3. The van der Waals surface area contributed by atoms with Crippen LogP contribution in [0.25, 0.3) is 0 Å². The van der Waals surface area contributed by atoms with E-state index < -0.39 is 103 Å². The number of anilines is 1. The summed E-state index contributed by atoms with van der Waals surface area (Å²) in [6.45, 7) is 6.02. The first kappa shape index (κ1) is 40.9. The Morgan fingerprint density at radius 1 is 1.15 bits per heavy atom. The number of aliphatic hydroxyl groups excluding tert-OH is 4. The van der Waals surface area contributed by atoms with Gasteiger partial charge in [-0.05, 0) is 38.0 Å². The van der Waals surface area contributed by atoms with Crippen LogP contribution in [-0.4, -0.2) is 131 Å². The van der Waals surface area contributed by atoms with Gasteiger partial charge in [0.05, 0.1) is 31.9 Å². The Morgan fingerprint density at radius 3 is 2.51 bits per heavy atom. The highest BCUT2D eigenvalue weighted by Crippen LogP contribution is 2.49. The molecule has 17 heteroatoms. The largest absolute Gasteiger partial charge is 0.495 e. The van der Waals surface area contributed by atoms with Crippen molar-refractivity contribution in [2.45, 2.75) is 120 Å². The Bertz CT molecular complexity index is 1610. The Hall–Kier alpha value is -3.32. The molecule has 4 aliphatic heterocycles. The lowest BCUT2D eigenvalue weighted by molar-refractivity contribution is -0.228. The van der Waals surface area contributed by atoms with E-state index >= 15 is 0 Å². The van der Waals surface area contributed by atoms with Gasteiger partial charge in [0.25, 0.3) is 0 Å². The molecular formula is C36H49ClN2O14. The van der Waals surface area contributed by atoms with E-state index in [4.69, 9.17) is 40.0 Å². The van der Waals surface area contributed by atoms with Gasteiger partial charge in [0, 0.05) is 25.9 Å². The number of fused-ring (bicyclic) bond motifs is 5. The van der Waals surface area contributed by atoms with Gasteiger partial charge >= 0.3 is 12.1 Å². The van der Waals surface area contributed by atoms with Crippen LogP contribution in [0.2, 0.25) is 5.02 Å². The molecule has 1 aromatic carbocycles. The molecule has 0 radical (unpaired) electrons. The average molecular weight is 769 g/mol. The van der Waals surface area contributed by atoms with Crippen molar-refractivity contribution in [2.75, 3.05) is 25.7 Å². The van der Waals surface area contributed by atoms with Gasteiger partial charge < -0.3 is 54.0 Å². The van der Waals surface area contributed by atoms with E-state index in [-0.39, 0.29) is 35.7 Å². The number of hydrogen-bond acceptors (Lipinski definition) is 14. The van der Waals surface area contributed by atoms with Crippen LogP contribution < -0.4 is 15.0 Å². The van der Waals surface area contributed by atoms with Crippen molar-refractivity contribution in [1.29, 1.82) is 0 Å². The molecule has 53 heavy (non-hydrogen) atoms. The number of rotatable bonds is 6. The minimum absolute atomic E-state index is 0.00240. The molecule has 2 amide bonds. The summed E-state index contributed by atoms with van der Waals surface area (Å²) >= 11 is 6.87. The number of ether oxygens (including phenoxy) is 6. The molecule has 1 aromatic rings. The van der Waals surface area contributed by atoms with Gasteiger partial charge in [0.15, 0.2) is 12.0 Å². The first-order valence-electron chi connectivity index (χ1n) is 17.5. The zero-order chi connectivity index (χ0) is 39.0. The molecule has 0 spiro atoms. The van der Waals surface area contributed by atoms with Crippen LogP contribution in [0.1, 0.15) is 52.5 Å². The Kier molecular flexibility index (Phi) is 12.5. The first-order chi connectivity index (χ1) is 25.0. The van der Waals surface area contributed by atoms with Gasteiger partial charge in [-0.15, -0.1) is 0 Å². The van der Waals surface area contributed by atoms with Crippen molar-refractivity contribution < 1.29 is 68.3 Å². The third kappa shape index (κ3) is 8.21. The average Bonchev–Trinajstić information content (AvgIpc) is 3.81. The number of nitrogens with one attached hydrogen (secondary N) is 1. The van der Waals surface area contributed by atoms with Crippen molar-refractivity contribution in [3.63, 3.8) is 0 Å². The summed E-state index contributed by atoms with van der Waals surface area (Å²) in [6.07, 6.45) is -8.72. The standard InChI is InChI=1S/C36H49ClN2O14/c1-7-27(42)52-25-14-26(41)39(33-31(45)30(44)29(43)23(16-40)50-33)20-12-19(13-21(48-5)28(20)37)11-17(2)9-8-10-24(49-6)36(47)15-22(51-34(46)38-36)18(3)32-35(25,4)53-32/h8-10,12-13,18,22-25,29-33,40,43-45,47H,7,11,14-16H2,1-6H3,(H,38,46)/b10-8-,17-9-/t18-,22+,23?,24-,25+,29?,30?,31?,32+,33?,35+,36+/m1/s1. The molecular weight excluding hydrogens is 720 g/mol. The molecule has 12 atom stereocenters. The molecule has 4 bridgehead atoms. The lowest BCUT2D eigenvalue weighted by Crippen LogP contribution is -2.64. The van der Waals surface area contributed by atoms with Crippen LogP contribution in [-0.2, 0) is 39.7 Å². The molecule has 0 aliphatic carbocycles. The third-order valence-corrected chi connectivity index (χ3v) is 10.8. The number of halogens is 1. The van der Waals surface area contributed by atoms with Crippen LogP contribution in [0.4, 0.5) is 10.5 Å². The quantitative estimate of drug-likeness (QED) is 0.177. The maximum atomic E-state index is 14.7. The smallest absolute Gasteiger partial charge is 0.409 e. The SMILES string of the molecule is CCC(=O)O[C@H]1CC(=O)N(C2OC(CO)C(O)C(O)C2O)c2cc(cc(OC)c2Cl)C/C(C)=C\C=C/[C@@H](OC)[C@@]2(O)C[C@H](OC(=O)N2)[C@@H](C)[C@@H]2O[C@@]12C. The number of alkyl carbamates (subject to hydrolysis) is 1. The molecule has 3 fully saturated rings. The van der Waals surface area contributed by atoms with Gasteiger partial charge in [-0.3, -0.25) is 19.8 Å². The predicted octanol–water partition coefficient (Wildman–Crippen LogP) is 1.25. The summed E-state index contributed by atoms with van der Waals surface area (Å²) < 4.78 is 34.7. The van der Waals surface area contributed by atoms with E-state index in [1.165, 1.54) is 14.2 Å². The maximum Gasteiger partial charge on any atom is 0.409 e. The molecule has 6 N–H and O–H groups in total. The Labute approximate surface area is 312 Å². The monoisotopic (exact) mass is 768 g/mol. The molecule has 3 saturated heterocycles. The summed E-state index contributed by atoms with van der Waals surface area (Å²) in [7, 11) is 2.77. The second-order valence-corrected chi connectivity index (χ2v) is 14.5. The summed E-state index contributed by atoms with van der Waals surface area (Å²) in [5.41, 5.74) is -1.81. The molecule has 16 nitrogen and oxygen atoms in total. The van der Waals surface area contributed by atoms with Crippen molar-refractivity contribution in [2.24, 2.45) is 5.92 Å². The van der Waals surface area contributed by atoms with E-state index in [1.807, 2.05) is 6.92 Å². The number of amides is 2. The molecule has 5 unspecified atom stereocenters. The fraction of sp³-hybridized carbons (Fsp3) is 0.639.